The molecule has 20 heavy (non-hydrogen) atoms. The fourth-order valence-electron chi connectivity index (χ4n) is 2.30. The van der Waals surface area contributed by atoms with Gasteiger partial charge in [-0.3, -0.25) is 0 Å². The number of nitrogens with two attached hydrogens (primary N) is 1. The van der Waals surface area contributed by atoms with Crippen LogP contribution in [0.4, 0.5) is 0 Å². The molecule has 2 rings (SSSR count). The Morgan fingerprint density at radius 3 is 2.55 bits per heavy atom. The second kappa shape index (κ2) is 11.0. The summed E-state index contributed by atoms with van der Waals surface area (Å²) in [7, 11) is 0. The highest BCUT2D eigenvalue weighted by Gasteiger charge is 2.09. The third-order valence-corrected chi connectivity index (χ3v) is 3.36. The molecule has 5 heteroatoms. The number of rotatable bonds is 8. The van der Waals surface area contributed by atoms with Gasteiger partial charge in [-0.15, -0.1) is 0 Å². The van der Waals surface area contributed by atoms with Crippen LogP contribution in [0.3, 0.4) is 0 Å². The molecule has 0 amide bonds. The van der Waals surface area contributed by atoms with Crippen molar-refractivity contribution in [1.82, 2.24) is 4.98 Å². The summed E-state index contributed by atoms with van der Waals surface area (Å²) in [6.07, 6.45) is 6.81. The lowest BCUT2D eigenvalue weighted by molar-refractivity contribution is -0.681. The van der Waals surface area contributed by atoms with Crippen LogP contribution in [0.25, 0.3) is 11.0 Å². The SMILES string of the molecule is CCCCCCC[NH2+]Cc1[nH]c2ccccc2[nH+]1.[Cl-].[Cl-]. The third-order valence-electron chi connectivity index (χ3n) is 3.36. The third kappa shape index (κ3) is 6.12. The zero-order valence-electron chi connectivity index (χ0n) is 12.1. The minimum absolute atomic E-state index is 0. The number of aromatic nitrogens is 2. The predicted octanol–water partition coefficient (Wildman–Crippen LogP) is -3.98. The number of halogens is 2. The molecule has 1 aromatic carbocycles. The normalized spacial score (nSPS) is 10.1. The van der Waals surface area contributed by atoms with Gasteiger partial charge in [0.15, 0.2) is 17.6 Å². The molecule has 114 valence electrons. The molecule has 2 aromatic rings. The topological polar surface area (TPSA) is 46.5 Å². The van der Waals surface area contributed by atoms with Crippen molar-refractivity contribution in [3.63, 3.8) is 0 Å². The van der Waals surface area contributed by atoms with Gasteiger partial charge in [0.05, 0.1) is 6.54 Å². The second-order valence-corrected chi connectivity index (χ2v) is 4.97. The maximum absolute atomic E-state index is 3.42. The Morgan fingerprint density at radius 2 is 1.80 bits per heavy atom. The number of benzene rings is 1. The first kappa shape index (κ1) is 19.2. The van der Waals surface area contributed by atoms with Crippen LogP contribution in [0.2, 0.25) is 0 Å². The zero-order valence-corrected chi connectivity index (χ0v) is 13.6. The van der Waals surface area contributed by atoms with E-state index in [0.29, 0.717) is 0 Å². The molecular weight excluding hydrogens is 293 g/mol. The summed E-state index contributed by atoms with van der Waals surface area (Å²) in [6.45, 7) is 4.51. The van der Waals surface area contributed by atoms with Gasteiger partial charge in [-0.1, -0.05) is 38.3 Å². The first-order valence-corrected chi connectivity index (χ1v) is 7.20. The van der Waals surface area contributed by atoms with E-state index in [1.54, 1.807) is 0 Å². The van der Waals surface area contributed by atoms with E-state index in [4.69, 9.17) is 0 Å². The van der Waals surface area contributed by atoms with Crippen LogP contribution in [-0.2, 0) is 6.54 Å². The lowest BCUT2D eigenvalue weighted by atomic mass is 10.1. The van der Waals surface area contributed by atoms with Crippen molar-refractivity contribution in [1.29, 1.82) is 0 Å². The summed E-state index contributed by atoms with van der Waals surface area (Å²) in [5, 5.41) is 2.38. The standard InChI is InChI=1S/C15H23N3.2ClH/c1-2-3-4-5-8-11-16-12-15-17-13-9-6-7-10-14(13)18-15;;/h6-7,9-10,16H,2-5,8,11-12H2,1H3,(H,17,18);2*1H. The van der Waals surface area contributed by atoms with Crippen molar-refractivity contribution in [2.45, 2.75) is 45.6 Å². The summed E-state index contributed by atoms with van der Waals surface area (Å²) in [6, 6.07) is 8.35. The number of nitrogens with one attached hydrogen (secondary N) is 2. The van der Waals surface area contributed by atoms with E-state index in [1.165, 1.54) is 55.5 Å². The van der Waals surface area contributed by atoms with Crippen molar-refractivity contribution < 1.29 is 35.1 Å². The summed E-state index contributed by atoms with van der Waals surface area (Å²) in [5.41, 5.74) is 2.40. The average molecular weight is 318 g/mol. The van der Waals surface area contributed by atoms with Gasteiger partial charge in [0.25, 0.3) is 0 Å². The number of aromatic amines is 2. The molecule has 0 aliphatic rings. The van der Waals surface area contributed by atoms with Crippen LogP contribution in [0.1, 0.15) is 44.9 Å². The molecule has 3 nitrogen and oxygen atoms in total. The van der Waals surface area contributed by atoms with Crippen LogP contribution >= 0.6 is 0 Å². The highest BCUT2D eigenvalue weighted by Crippen LogP contribution is 2.05. The highest BCUT2D eigenvalue weighted by molar-refractivity contribution is 5.70. The summed E-state index contributed by atoms with van der Waals surface area (Å²) in [4.78, 5) is 6.84. The van der Waals surface area contributed by atoms with Crippen LogP contribution in [0.15, 0.2) is 24.3 Å². The number of hydrogen-bond donors (Lipinski definition) is 2. The van der Waals surface area contributed by atoms with Crippen molar-refractivity contribution in [2.75, 3.05) is 6.54 Å². The van der Waals surface area contributed by atoms with Gasteiger partial charge in [-0.05, 0) is 25.0 Å². The number of imidazole rings is 1. The van der Waals surface area contributed by atoms with E-state index >= 15 is 0 Å². The summed E-state index contributed by atoms with van der Waals surface area (Å²) in [5.74, 6) is 1.21. The van der Waals surface area contributed by atoms with E-state index in [9.17, 15) is 0 Å². The molecule has 0 atom stereocenters. The summed E-state index contributed by atoms with van der Waals surface area (Å²) < 4.78 is 0. The van der Waals surface area contributed by atoms with Crippen molar-refractivity contribution >= 4 is 11.0 Å². The van der Waals surface area contributed by atoms with Crippen molar-refractivity contribution in [3.05, 3.63) is 30.1 Å². The highest BCUT2D eigenvalue weighted by atomic mass is 35.5. The van der Waals surface area contributed by atoms with Crippen LogP contribution in [0, 0.1) is 0 Å². The second-order valence-electron chi connectivity index (χ2n) is 4.97. The molecule has 0 spiro atoms. The van der Waals surface area contributed by atoms with Gasteiger partial charge in [-0.25, -0.2) is 9.97 Å². The molecule has 1 aromatic heterocycles. The Morgan fingerprint density at radius 1 is 1.05 bits per heavy atom. The first-order chi connectivity index (χ1) is 8.90. The molecule has 0 bridgehead atoms. The lowest BCUT2D eigenvalue weighted by Crippen LogP contribution is -3.00. The van der Waals surface area contributed by atoms with Crippen molar-refractivity contribution in [3.8, 4) is 0 Å². The molecule has 0 unspecified atom stereocenters. The van der Waals surface area contributed by atoms with Gasteiger partial charge in [0.1, 0.15) is 0 Å². The number of para-hydroxylation sites is 2. The Hall–Kier alpha value is -0.770. The molecule has 0 saturated heterocycles. The van der Waals surface area contributed by atoms with Crippen LogP contribution in [0.5, 0.6) is 0 Å². The monoisotopic (exact) mass is 317 g/mol. The van der Waals surface area contributed by atoms with E-state index in [2.05, 4.69) is 46.5 Å². The number of H-pyrrole nitrogens is 2. The molecule has 0 fully saturated rings. The Kier molecular flexibility index (Phi) is 10.5. The number of fused-ring (bicyclic) bond motifs is 1. The van der Waals surface area contributed by atoms with E-state index in [1.807, 2.05) is 0 Å². The lowest BCUT2D eigenvalue weighted by Gasteiger charge is -1.98. The van der Waals surface area contributed by atoms with Crippen LogP contribution in [-0.4, -0.2) is 11.5 Å². The van der Waals surface area contributed by atoms with E-state index in [-0.39, 0.29) is 24.8 Å². The van der Waals surface area contributed by atoms with Crippen molar-refractivity contribution in [2.24, 2.45) is 0 Å². The molecular formula is C15H25Cl2N3. The largest absolute Gasteiger partial charge is 1.00 e. The first-order valence-electron chi connectivity index (χ1n) is 7.20. The Labute approximate surface area is 133 Å². The van der Waals surface area contributed by atoms with Gasteiger partial charge in [-0.2, -0.15) is 0 Å². The fourth-order valence-corrected chi connectivity index (χ4v) is 2.30. The maximum Gasteiger partial charge on any atom is 0.309 e. The molecule has 0 radical (unpaired) electrons. The van der Waals surface area contributed by atoms with E-state index < -0.39 is 0 Å². The van der Waals surface area contributed by atoms with E-state index in [0.717, 1.165) is 6.54 Å². The number of hydrogen-bond acceptors (Lipinski definition) is 0. The van der Waals surface area contributed by atoms with Gasteiger partial charge >= 0.3 is 5.82 Å². The summed E-state index contributed by atoms with van der Waals surface area (Å²) >= 11 is 0. The molecule has 1 heterocycles. The fraction of sp³-hybridized carbons (Fsp3) is 0.533. The average Bonchev–Trinajstić information content (AvgIpc) is 2.80. The van der Waals surface area contributed by atoms with Gasteiger partial charge in [0, 0.05) is 0 Å². The Balaban J connectivity index is 0.00000180. The molecule has 0 saturated carbocycles. The smallest absolute Gasteiger partial charge is 0.309 e. The number of quaternary nitrogens is 1. The maximum atomic E-state index is 3.42. The molecule has 0 aliphatic heterocycles. The predicted molar refractivity (Wildman–Crippen MR) is 74.1 cm³/mol. The minimum Gasteiger partial charge on any atom is -1.00 e. The Bertz CT molecular complexity index is 438. The van der Waals surface area contributed by atoms with Crippen LogP contribution < -0.4 is 35.1 Å². The molecule has 0 aliphatic carbocycles. The molecule has 4 N–H and O–H groups in total. The zero-order chi connectivity index (χ0) is 12.6. The van der Waals surface area contributed by atoms with Gasteiger partial charge in [0.2, 0.25) is 0 Å². The minimum atomic E-state index is 0. The number of unbranched alkanes of at least 4 members (excludes halogenated alkanes) is 4. The van der Waals surface area contributed by atoms with Gasteiger partial charge < -0.3 is 30.1 Å². The quantitative estimate of drug-likeness (QED) is 0.467.